The monoisotopic (exact) mass is 299 g/mol. The van der Waals surface area contributed by atoms with Crippen molar-refractivity contribution in [3.8, 4) is 0 Å². The molecule has 1 aromatic heterocycles. The van der Waals surface area contributed by atoms with Crippen LogP contribution in [0.5, 0.6) is 0 Å². The number of pyridine rings is 1. The second-order valence-corrected chi connectivity index (χ2v) is 2.22. The molecule has 3 heteroatoms. The Balaban J connectivity index is 0.000000640. The number of alkyl halides is 1. The summed E-state index contributed by atoms with van der Waals surface area (Å²) in [5, 5.41) is 0. The third kappa shape index (κ3) is 3.15. The molecule has 0 saturated carbocycles. The van der Waals surface area contributed by atoms with Crippen LogP contribution in [0, 0.1) is 0 Å². The zero-order valence-electron chi connectivity index (χ0n) is 4.75. The Bertz CT molecular complexity index is 154. The van der Waals surface area contributed by atoms with Crippen LogP contribution in [0.2, 0.25) is 0 Å². The van der Waals surface area contributed by atoms with Gasteiger partial charge in [-0.1, -0.05) is 28.7 Å². The molecule has 0 saturated heterocycles. The fourth-order valence-electron chi connectivity index (χ4n) is 0.477. The van der Waals surface area contributed by atoms with Crippen molar-refractivity contribution >= 4 is 39.6 Å². The van der Waals surface area contributed by atoms with E-state index < -0.39 is 0 Å². The summed E-state index contributed by atoms with van der Waals surface area (Å²) in [6.07, 6.45) is 1.81. The Morgan fingerprint density at radius 1 is 1.44 bits per heavy atom. The van der Waals surface area contributed by atoms with E-state index >= 15 is 0 Å². The Morgan fingerprint density at radius 2 is 2.22 bits per heavy atom. The topological polar surface area (TPSA) is 12.9 Å². The third-order valence-electron chi connectivity index (χ3n) is 0.863. The molecule has 1 aromatic rings. The van der Waals surface area contributed by atoms with E-state index in [4.69, 9.17) is 0 Å². The van der Waals surface area contributed by atoms with E-state index in [0.29, 0.717) is 0 Å². The fraction of sp³-hybridized carbons (Fsp3) is 0.167. The van der Waals surface area contributed by atoms with Crippen molar-refractivity contribution < 1.29 is 0 Å². The highest BCUT2D eigenvalue weighted by Gasteiger charge is 1.83. The van der Waals surface area contributed by atoms with Crippen LogP contribution in [0.15, 0.2) is 24.4 Å². The van der Waals surface area contributed by atoms with Gasteiger partial charge < -0.3 is 0 Å². The first-order valence-corrected chi connectivity index (χ1v) is 3.92. The van der Waals surface area contributed by atoms with Gasteiger partial charge in [0.2, 0.25) is 0 Å². The maximum atomic E-state index is 4.09. The zero-order valence-corrected chi connectivity index (χ0v) is 8.62. The Hall–Kier alpha value is 0.360. The van der Waals surface area contributed by atoms with Gasteiger partial charge in [0.1, 0.15) is 0 Å². The molecular formula is C6H7BrIN. The maximum absolute atomic E-state index is 4.09. The summed E-state index contributed by atoms with van der Waals surface area (Å²) in [6.45, 7) is 0. The van der Waals surface area contributed by atoms with Gasteiger partial charge >= 0.3 is 0 Å². The maximum Gasteiger partial charge on any atom is 0.0500 e. The summed E-state index contributed by atoms with van der Waals surface area (Å²) >= 11 is 2.29. The van der Waals surface area contributed by atoms with Gasteiger partial charge in [-0.25, -0.2) is 0 Å². The minimum Gasteiger partial charge on any atom is -0.260 e. The minimum absolute atomic E-state index is 0. The fourth-order valence-corrected chi connectivity index (χ4v) is 0.928. The minimum atomic E-state index is 0. The predicted molar refractivity (Wildman–Crippen MR) is 52.3 cm³/mol. The van der Waals surface area contributed by atoms with E-state index in [9.17, 15) is 0 Å². The number of hydrogen-bond donors (Lipinski definition) is 0. The molecule has 0 unspecified atom stereocenters. The van der Waals surface area contributed by atoms with Crippen molar-refractivity contribution in [2.45, 2.75) is 4.43 Å². The van der Waals surface area contributed by atoms with Crippen LogP contribution >= 0.6 is 39.6 Å². The number of hydrogen-bond acceptors (Lipinski definition) is 1. The number of rotatable bonds is 1. The molecule has 1 nitrogen and oxygen atoms in total. The summed E-state index contributed by atoms with van der Waals surface area (Å²) in [5.74, 6) is 0. The summed E-state index contributed by atoms with van der Waals surface area (Å²) in [6, 6.07) is 5.95. The molecular weight excluding hydrogens is 293 g/mol. The summed E-state index contributed by atoms with van der Waals surface area (Å²) in [4.78, 5) is 4.09. The second-order valence-electron chi connectivity index (χ2n) is 1.45. The first-order valence-electron chi connectivity index (χ1n) is 2.39. The molecule has 0 amide bonds. The second kappa shape index (κ2) is 5.17. The molecule has 0 aliphatic rings. The van der Waals surface area contributed by atoms with Crippen LogP contribution in [0.25, 0.3) is 0 Å². The van der Waals surface area contributed by atoms with Gasteiger partial charge in [0.15, 0.2) is 0 Å². The van der Waals surface area contributed by atoms with E-state index in [1.54, 1.807) is 0 Å². The van der Waals surface area contributed by atoms with Gasteiger partial charge in [0.05, 0.1) is 5.69 Å². The van der Waals surface area contributed by atoms with Crippen LogP contribution in [-0.2, 0) is 4.43 Å². The smallest absolute Gasteiger partial charge is 0.0500 e. The molecule has 0 spiro atoms. The van der Waals surface area contributed by atoms with Crippen molar-refractivity contribution in [3.05, 3.63) is 30.1 Å². The number of nitrogens with zero attached hydrogens (tertiary/aromatic N) is 1. The molecule has 0 atom stereocenters. The van der Waals surface area contributed by atoms with E-state index in [1.165, 1.54) is 0 Å². The van der Waals surface area contributed by atoms with Crippen molar-refractivity contribution in [2.24, 2.45) is 0 Å². The highest BCUT2D eigenvalue weighted by Crippen LogP contribution is 1.98. The molecule has 0 aliphatic carbocycles. The average Bonchev–Trinajstić information content (AvgIpc) is 1.90. The quantitative estimate of drug-likeness (QED) is 0.574. The molecule has 0 N–H and O–H groups in total. The molecule has 50 valence electrons. The SMILES string of the molecule is Br.ICc1ccccn1. The average molecular weight is 300 g/mol. The number of aromatic nitrogens is 1. The molecule has 0 radical (unpaired) electrons. The molecule has 0 fully saturated rings. The first kappa shape index (κ1) is 9.36. The predicted octanol–water partition coefficient (Wildman–Crippen LogP) is 2.59. The standard InChI is InChI=1S/C6H6IN.BrH/c7-5-6-3-1-2-4-8-6;/h1-4H,5H2;1H. The largest absolute Gasteiger partial charge is 0.260 e. The highest BCUT2D eigenvalue weighted by molar-refractivity contribution is 14.1. The molecule has 0 bridgehead atoms. The number of halogens is 2. The van der Waals surface area contributed by atoms with E-state index in [0.717, 1.165) is 10.1 Å². The van der Waals surface area contributed by atoms with E-state index in [-0.39, 0.29) is 17.0 Å². The van der Waals surface area contributed by atoms with Crippen LogP contribution in [0.3, 0.4) is 0 Å². The lowest BCUT2D eigenvalue weighted by molar-refractivity contribution is 1.19. The van der Waals surface area contributed by atoms with Crippen molar-refractivity contribution in [1.29, 1.82) is 0 Å². The van der Waals surface area contributed by atoms with Gasteiger partial charge in [0, 0.05) is 10.6 Å². The van der Waals surface area contributed by atoms with Gasteiger partial charge in [-0.05, 0) is 12.1 Å². The third-order valence-corrected chi connectivity index (χ3v) is 1.64. The van der Waals surface area contributed by atoms with Gasteiger partial charge in [-0.15, -0.1) is 17.0 Å². The summed E-state index contributed by atoms with van der Waals surface area (Å²) < 4.78 is 0.999. The lowest BCUT2D eigenvalue weighted by atomic mass is 10.4. The van der Waals surface area contributed by atoms with Crippen LogP contribution in [0.4, 0.5) is 0 Å². The van der Waals surface area contributed by atoms with E-state index in [2.05, 4.69) is 27.6 Å². The zero-order chi connectivity index (χ0) is 5.82. The van der Waals surface area contributed by atoms with Crippen LogP contribution in [0.1, 0.15) is 5.69 Å². The van der Waals surface area contributed by atoms with Gasteiger partial charge in [0.25, 0.3) is 0 Å². The van der Waals surface area contributed by atoms with Crippen molar-refractivity contribution in [3.63, 3.8) is 0 Å². The highest BCUT2D eigenvalue weighted by atomic mass is 127. The van der Waals surface area contributed by atoms with Crippen molar-refractivity contribution in [1.82, 2.24) is 4.98 Å². The van der Waals surface area contributed by atoms with E-state index in [1.807, 2.05) is 24.4 Å². The van der Waals surface area contributed by atoms with Crippen molar-refractivity contribution in [2.75, 3.05) is 0 Å². The Labute approximate surface area is 78.8 Å². The molecule has 1 heterocycles. The van der Waals surface area contributed by atoms with Crippen LogP contribution in [-0.4, -0.2) is 4.98 Å². The molecule has 0 aliphatic heterocycles. The Kier molecular flexibility index (Phi) is 5.38. The van der Waals surface area contributed by atoms with Gasteiger partial charge in [-0.3, -0.25) is 4.98 Å². The lowest BCUT2D eigenvalue weighted by Crippen LogP contribution is -1.78. The van der Waals surface area contributed by atoms with Gasteiger partial charge in [-0.2, -0.15) is 0 Å². The summed E-state index contributed by atoms with van der Waals surface area (Å²) in [7, 11) is 0. The lowest BCUT2D eigenvalue weighted by Gasteiger charge is -1.87. The molecule has 9 heavy (non-hydrogen) atoms. The molecule has 0 aromatic carbocycles. The molecule has 1 rings (SSSR count). The Morgan fingerprint density at radius 3 is 2.56 bits per heavy atom. The first-order chi connectivity index (χ1) is 3.93. The summed E-state index contributed by atoms with van der Waals surface area (Å²) in [5.41, 5.74) is 1.15. The normalized spacial score (nSPS) is 8.11. The van der Waals surface area contributed by atoms with Crippen LogP contribution < -0.4 is 0 Å².